The van der Waals surface area contributed by atoms with Crippen molar-refractivity contribution in [1.82, 2.24) is 20.4 Å². The molecule has 21 heavy (non-hydrogen) atoms. The summed E-state index contributed by atoms with van der Waals surface area (Å²) in [6.45, 7) is 0.146. The Bertz CT molecular complexity index is 786. The zero-order valence-corrected chi connectivity index (χ0v) is 11.5. The number of pyridine rings is 1. The lowest BCUT2D eigenvalue weighted by atomic mass is 10.3. The molecule has 3 aromatic rings. The van der Waals surface area contributed by atoms with Crippen LogP contribution in [0, 0.1) is 0 Å². The molecule has 3 aromatic heterocycles. The summed E-state index contributed by atoms with van der Waals surface area (Å²) in [4.78, 5) is 30.0. The third kappa shape index (κ3) is 3.06. The Morgan fingerprint density at radius 3 is 3.00 bits per heavy atom. The van der Waals surface area contributed by atoms with Gasteiger partial charge in [0.25, 0.3) is 5.91 Å². The SMILES string of the molecule is O=C(NCc1nc(-c2ccc(=O)[nH]c2)no1)c1cccs1. The number of hydrogen-bond acceptors (Lipinski definition) is 6. The molecule has 1 amide bonds. The Balaban J connectivity index is 1.67. The van der Waals surface area contributed by atoms with E-state index in [4.69, 9.17) is 4.52 Å². The van der Waals surface area contributed by atoms with Crippen LogP contribution in [0.2, 0.25) is 0 Å². The predicted molar refractivity (Wildman–Crippen MR) is 75.8 cm³/mol. The molecule has 0 fully saturated rings. The normalized spacial score (nSPS) is 10.5. The van der Waals surface area contributed by atoms with E-state index in [2.05, 4.69) is 20.4 Å². The van der Waals surface area contributed by atoms with Crippen LogP contribution in [0.3, 0.4) is 0 Å². The van der Waals surface area contributed by atoms with E-state index in [9.17, 15) is 9.59 Å². The summed E-state index contributed by atoms with van der Waals surface area (Å²) >= 11 is 1.36. The van der Waals surface area contributed by atoms with E-state index in [0.29, 0.717) is 22.2 Å². The van der Waals surface area contributed by atoms with E-state index >= 15 is 0 Å². The molecule has 8 heteroatoms. The van der Waals surface area contributed by atoms with Crippen LogP contribution in [0.1, 0.15) is 15.6 Å². The van der Waals surface area contributed by atoms with Gasteiger partial charge in [0.05, 0.1) is 11.4 Å². The number of carbonyl (C=O) groups excluding carboxylic acids is 1. The maximum Gasteiger partial charge on any atom is 0.261 e. The standard InChI is InChI=1S/C13H10N4O3S/c18-10-4-3-8(6-14-10)12-16-11(20-17-12)7-15-13(19)9-2-1-5-21-9/h1-6H,7H2,(H,14,18)(H,15,19). The smallest absolute Gasteiger partial charge is 0.261 e. The largest absolute Gasteiger partial charge is 0.342 e. The molecule has 0 saturated carbocycles. The van der Waals surface area contributed by atoms with Crippen molar-refractivity contribution in [1.29, 1.82) is 0 Å². The first-order valence-corrected chi connectivity index (χ1v) is 6.94. The molecule has 0 unspecified atom stereocenters. The van der Waals surface area contributed by atoms with E-state index in [1.807, 2.05) is 5.38 Å². The van der Waals surface area contributed by atoms with Gasteiger partial charge in [-0.3, -0.25) is 9.59 Å². The number of carbonyl (C=O) groups is 1. The summed E-state index contributed by atoms with van der Waals surface area (Å²) in [6, 6.07) is 6.52. The molecule has 0 aliphatic heterocycles. The van der Waals surface area contributed by atoms with Gasteiger partial charge in [-0.25, -0.2) is 0 Å². The minimum absolute atomic E-state index is 0.146. The highest BCUT2D eigenvalue weighted by molar-refractivity contribution is 7.12. The minimum atomic E-state index is -0.203. The van der Waals surface area contributed by atoms with Crippen LogP contribution in [0.4, 0.5) is 0 Å². The molecule has 7 nitrogen and oxygen atoms in total. The van der Waals surface area contributed by atoms with Crippen LogP contribution < -0.4 is 10.9 Å². The number of amides is 1. The molecule has 0 aliphatic rings. The van der Waals surface area contributed by atoms with Crippen LogP contribution in [0.5, 0.6) is 0 Å². The highest BCUT2D eigenvalue weighted by Crippen LogP contribution is 2.13. The van der Waals surface area contributed by atoms with Gasteiger partial charge in [0, 0.05) is 17.8 Å². The number of thiophene rings is 1. The summed E-state index contributed by atoms with van der Waals surface area (Å²) < 4.78 is 5.05. The van der Waals surface area contributed by atoms with Gasteiger partial charge in [-0.05, 0) is 17.5 Å². The lowest BCUT2D eigenvalue weighted by molar-refractivity contribution is 0.0950. The zero-order chi connectivity index (χ0) is 14.7. The molecule has 106 valence electrons. The van der Waals surface area contributed by atoms with E-state index in [1.165, 1.54) is 23.6 Å². The number of hydrogen-bond donors (Lipinski definition) is 2. The number of aromatic nitrogens is 3. The summed E-state index contributed by atoms with van der Waals surface area (Å²) in [5.74, 6) is 0.460. The van der Waals surface area contributed by atoms with Crippen molar-refractivity contribution in [2.45, 2.75) is 6.54 Å². The minimum Gasteiger partial charge on any atom is -0.342 e. The van der Waals surface area contributed by atoms with Crippen molar-refractivity contribution in [2.75, 3.05) is 0 Å². The van der Waals surface area contributed by atoms with Crippen molar-refractivity contribution in [3.8, 4) is 11.4 Å². The third-order valence-electron chi connectivity index (χ3n) is 2.66. The monoisotopic (exact) mass is 302 g/mol. The molecule has 0 spiro atoms. The van der Waals surface area contributed by atoms with Gasteiger partial charge in [0.2, 0.25) is 17.3 Å². The second-order valence-corrected chi connectivity index (χ2v) is 5.06. The lowest BCUT2D eigenvalue weighted by Crippen LogP contribution is -2.21. The summed E-state index contributed by atoms with van der Waals surface area (Å²) in [5, 5.41) is 8.32. The summed E-state index contributed by atoms with van der Waals surface area (Å²) in [5.41, 5.74) is 0.430. The molecule has 0 atom stereocenters. The Kier molecular flexibility index (Phi) is 3.61. The molecule has 2 N–H and O–H groups in total. The molecular formula is C13H10N4O3S. The molecule has 0 bridgehead atoms. The van der Waals surface area contributed by atoms with Crippen molar-refractivity contribution in [3.63, 3.8) is 0 Å². The van der Waals surface area contributed by atoms with Gasteiger partial charge in [-0.15, -0.1) is 11.3 Å². The first kappa shape index (κ1) is 13.3. The lowest BCUT2D eigenvalue weighted by Gasteiger charge is -1.98. The fourth-order valence-electron chi connectivity index (χ4n) is 1.64. The first-order chi connectivity index (χ1) is 10.2. The van der Waals surface area contributed by atoms with E-state index in [0.717, 1.165) is 0 Å². The van der Waals surface area contributed by atoms with Gasteiger partial charge < -0.3 is 14.8 Å². The summed E-state index contributed by atoms with van der Waals surface area (Å²) in [6.07, 6.45) is 1.50. The van der Waals surface area contributed by atoms with Crippen molar-refractivity contribution in [2.24, 2.45) is 0 Å². The fraction of sp³-hybridized carbons (Fsp3) is 0.0769. The molecule has 0 aliphatic carbocycles. The Morgan fingerprint density at radius 2 is 2.29 bits per heavy atom. The number of nitrogens with zero attached hydrogens (tertiary/aromatic N) is 2. The van der Waals surface area contributed by atoms with Crippen molar-refractivity contribution in [3.05, 3.63) is 57.0 Å². The Hall–Kier alpha value is -2.74. The average molecular weight is 302 g/mol. The van der Waals surface area contributed by atoms with Crippen LogP contribution in [0.25, 0.3) is 11.4 Å². The maximum atomic E-state index is 11.8. The number of nitrogens with one attached hydrogen (secondary N) is 2. The van der Waals surface area contributed by atoms with Gasteiger partial charge in [-0.1, -0.05) is 11.2 Å². The molecular weight excluding hydrogens is 292 g/mol. The predicted octanol–water partition coefficient (Wildman–Crippen LogP) is 1.42. The molecule has 3 heterocycles. The number of H-pyrrole nitrogens is 1. The first-order valence-electron chi connectivity index (χ1n) is 6.06. The van der Waals surface area contributed by atoms with E-state index < -0.39 is 0 Å². The van der Waals surface area contributed by atoms with Gasteiger partial charge in [-0.2, -0.15) is 4.98 Å². The second kappa shape index (κ2) is 5.71. The van der Waals surface area contributed by atoms with Crippen molar-refractivity contribution < 1.29 is 9.32 Å². The molecule has 0 saturated heterocycles. The highest BCUT2D eigenvalue weighted by atomic mass is 32.1. The van der Waals surface area contributed by atoms with Crippen molar-refractivity contribution >= 4 is 17.2 Å². The highest BCUT2D eigenvalue weighted by Gasteiger charge is 2.11. The Morgan fingerprint density at radius 1 is 1.38 bits per heavy atom. The van der Waals surface area contributed by atoms with Crippen LogP contribution >= 0.6 is 11.3 Å². The van der Waals surface area contributed by atoms with E-state index in [1.54, 1.807) is 18.2 Å². The third-order valence-corrected chi connectivity index (χ3v) is 3.52. The quantitative estimate of drug-likeness (QED) is 0.759. The zero-order valence-electron chi connectivity index (χ0n) is 10.7. The summed E-state index contributed by atoms with van der Waals surface area (Å²) in [7, 11) is 0. The fourth-order valence-corrected chi connectivity index (χ4v) is 2.28. The molecule has 3 rings (SSSR count). The molecule has 0 radical (unpaired) electrons. The van der Waals surface area contributed by atoms with Crippen LogP contribution in [0.15, 0.2) is 45.2 Å². The van der Waals surface area contributed by atoms with Gasteiger partial charge >= 0.3 is 0 Å². The second-order valence-electron chi connectivity index (χ2n) is 4.11. The van der Waals surface area contributed by atoms with Gasteiger partial charge in [0.1, 0.15) is 0 Å². The number of rotatable bonds is 4. The van der Waals surface area contributed by atoms with Crippen LogP contribution in [-0.4, -0.2) is 21.0 Å². The average Bonchev–Trinajstić information content (AvgIpc) is 3.17. The topological polar surface area (TPSA) is 101 Å². The van der Waals surface area contributed by atoms with E-state index in [-0.39, 0.29) is 18.0 Å². The number of aromatic amines is 1. The molecule has 0 aromatic carbocycles. The van der Waals surface area contributed by atoms with Gasteiger partial charge in [0.15, 0.2) is 0 Å². The van der Waals surface area contributed by atoms with Crippen LogP contribution in [-0.2, 0) is 6.54 Å². The Labute approximate surface area is 122 Å². The maximum absolute atomic E-state index is 11.8.